The van der Waals surface area contributed by atoms with Crippen LogP contribution in [0.15, 0.2) is 0 Å². The number of halogens is 1. The second-order valence-electron chi connectivity index (χ2n) is 1.99. The Morgan fingerprint density at radius 1 is 1.55 bits per heavy atom. The lowest BCUT2D eigenvalue weighted by molar-refractivity contribution is -0.124. The van der Waals surface area contributed by atoms with Crippen LogP contribution >= 0.6 is 12.4 Å². The topological polar surface area (TPSA) is 75.4 Å². The third kappa shape index (κ3) is 2.06. The Hall–Kier alpha value is -0.810. The van der Waals surface area contributed by atoms with Crippen molar-refractivity contribution in [3.63, 3.8) is 0 Å². The maximum absolute atomic E-state index is 10.8. The molecule has 1 aliphatic heterocycles. The highest BCUT2D eigenvalue weighted by atomic mass is 35.5. The highest BCUT2D eigenvalue weighted by Gasteiger charge is 2.26. The van der Waals surface area contributed by atoms with Crippen molar-refractivity contribution in [1.29, 1.82) is 0 Å². The molecule has 0 aromatic heterocycles. The number of urea groups is 1. The number of hydrogen-bond donors (Lipinski definition) is 2. The van der Waals surface area contributed by atoms with Crippen molar-refractivity contribution in [1.82, 2.24) is 10.2 Å². The predicted molar refractivity (Wildman–Crippen MR) is 41.4 cm³/mol. The molecule has 0 atom stereocenters. The third-order valence-electron chi connectivity index (χ3n) is 1.29. The Labute approximate surface area is 70.3 Å². The molecule has 5 nitrogen and oxygen atoms in total. The molecule has 11 heavy (non-hydrogen) atoms. The summed E-state index contributed by atoms with van der Waals surface area (Å²) in [4.78, 5) is 22.6. The molecule has 0 bridgehead atoms. The van der Waals surface area contributed by atoms with Gasteiger partial charge in [0.1, 0.15) is 0 Å². The predicted octanol–water partition coefficient (Wildman–Crippen LogP) is -1.08. The second kappa shape index (κ2) is 4.15. The molecule has 0 aromatic rings. The van der Waals surface area contributed by atoms with Crippen molar-refractivity contribution >= 4 is 24.3 Å². The van der Waals surface area contributed by atoms with Crippen molar-refractivity contribution in [2.24, 2.45) is 5.73 Å². The standard InChI is InChI=1S/C5H9N3O2.ClH/c6-1-2-8-4(9)3-7-5(8)10;/h1-3,6H2,(H,7,10);1H. The monoisotopic (exact) mass is 179 g/mol. The lowest BCUT2D eigenvalue weighted by Gasteiger charge is -2.08. The summed E-state index contributed by atoms with van der Waals surface area (Å²) in [7, 11) is 0. The molecule has 0 radical (unpaired) electrons. The first-order valence-corrected chi connectivity index (χ1v) is 3.04. The molecule has 0 spiro atoms. The summed E-state index contributed by atoms with van der Waals surface area (Å²) < 4.78 is 0. The van der Waals surface area contributed by atoms with Crippen molar-refractivity contribution in [2.75, 3.05) is 19.6 Å². The van der Waals surface area contributed by atoms with Gasteiger partial charge in [-0.2, -0.15) is 0 Å². The number of hydrogen-bond acceptors (Lipinski definition) is 3. The molecule has 0 saturated carbocycles. The van der Waals surface area contributed by atoms with Gasteiger partial charge in [0.15, 0.2) is 0 Å². The van der Waals surface area contributed by atoms with Gasteiger partial charge < -0.3 is 11.1 Å². The molecule has 1 heterocycles. The van der Waals surface area contributed by atoms with Gasteiger partial charge in [-0.3, -0.25) is 9.69 Å². The van der Waals surface area contributed by atoms with Gasteiger partial charge in [0.2, 0.25) is 5.91 Å². The molecule has 3 amide bonds. The molecule has 1 fully saturated rings. The zero-order valence-corrected chi connectivity index (χ0v) is 6.69. The Morgan fingerprint density at radius 2 is 2.18 bits per heavy atom. The maximum Gasteiger partial charge on any atom is 0.324 e. The van der Waals surface area contributed by atoms with Gasteiger partial charge in [-0.15, -0.1) is 12.4 Å². The zero-order chi connectivity index (χ0) is 7.56. The number of rotatable bonds is 2. The fourth-order valence-electron chi connectivity index (χ4n) is 0.811. The summed E-state index contributed by atoms with van der Waals surface area (Å²) in [6.45, 7) is 0.739. The zero-order valence-electron chi connectivity index (χ0n) is 5.87. The van der Waals surface area contributed by atoms with Crippen LogP contribution in [0.5, 0.6) is 0 Å². The fraction of sp³-hybridized carbons (Fsp3) is 0.600. The van der Waals surface area contributed by atoms with Crippen molar-refractivity contribution in [2.45, 2.75) is 0 Å². The van der Waals surface area contributed by atoms with Gasteiger partial charge in [-0.25, -0.2) is 4.79 Å². The largest absolute Gasteiger partial charge is 0.329 e. The Kier molecular flexibility index (Phi) is 3.84. The summed E-state index contributed by atoms with van der Waals surface area (Å²) in [6, 6.07) is -0.338. The molecule has 3 N–H and O–H groups in total. The molecule has 0 aliphatic carbocycles. The van der Waals surface area contributed by atoms with Crippen LogP contribution in [-0.2, 0) is 4.79 Å². The number of amides is 3. The highest BCUT2D eigenvalue weighted by Crippen LogP contribution is 1.95. The van der Waals surface area contributed by atoms with Gasteiger partial charge in [0, 0.05) is 13.1 Å². The van der Waals surface area contributed by atoms with Crippen molar-refractivity contribution < 1.29 is 9.59 Å². The Balaban J connectivity index is 0.000001000. The third-order valence-corrected chi connectivity index (χ3v) is 1.29. The number of nitrogens with one attached hydrogen (secondary N) is 1. The van der Waals surface area contributed by atoms with Gasteiger partial charge in [-0.05, 0) is 0 Å². The second-order valence-corrected chi connectivity index (χ2v) is 1.99. The number of nitrogens with zero attached hydrogens (tertiary/aromatic N) is 1. The van der Waals surface area contributed by atoms with E-state index in [0.717, 1.165) is 4.90 Å². The Bertz CT molecular complexity index is 157. The van der Waals surface area contributed by atoms with Crippen LogP contribution in [-0.4, -0.2) is 36.5 Å². The minimum Gasteiger partial charge on any atom is -0.329 e. The van der Waals surface area contributed by atoms with E-state index in [2.05, 4.69) is 5.32 Å². The van der Waals surface area contributed by atoms with Crippen molar-refractivity contribution in [3.05, 3.63) is 0 Å². The van der Waals surface area contributed by atoms with Crippen LogP contribution in [0.4, 0.5) is 4.79 Å². The van der Waals surface area contributed by atoms with E-state index in [4.69, 9.17) is 5.73 Å². The Morgan fingerprint density at radius 3 is 2.55 bits per heavy atom. The SMILES string of the molecule is Cl.NCCN1C(=O)CNC1=O. The average Bonchev–Trinajstić information content (AvgIpc) is 2.20. The maximum atomic E-state index is 10.8. The molecule has 1 rings (SSSR count). The first kappa shape index (κ1) is 10.2. The van der Waals surface area contributed by atoms with E-state index in [9.17, 15) is 9.59 Å². The van der Waals surface area contributed by atoms with E-state index in [0.29, 0.717) is 13.1 Å². The number of carbonyl (C=O) groups is 2. The van der Waals surface area contributed by atoms with Crippen molar-refractivity contribution in [3.8, 4) is 0 Å². The minimum atomic E-state index is -0.338. The van der Waals surface area contributed by atoms with E-state index >= 15 is 0 Å². The van der Waals surface area contributed by atoms with Gasteiger partial charge >= 0.3 is 6.03 Å². The van der Waals surface area contributed by atoms with Crippen LogP contribution in [0, 0.1) is 0 Å². The fourth-order valence-corrected chi connectivity index (χ4v) is 0.811. The first-order valence-electron chi connectivity index (χ1n) is 3.04. The van der Waals surface area contributed by atoms with Crippen LogP contribution in [0.3, 0.4) is 0 Å². The average molecular weight is 180 g/mol. The highest BCUT2D eigenvalue weighted by molar-refractivity contribution is 6.01. The first-order chi connectivity index (χ1) is 4.75. The number of carbonyl (C=O) groups excluding carboxylic acids is 2. The number of nitrogens with two attached hydrogens (primary N) is 1. The quantitative estimate of drug-likeness (QED) is 0.530. The lowest BCUT2D eigenvalue weighted by atomic mass is 10.5. The molecule has 0 unspecified atom stereocenters. The molecule has 64 valence electrons. The molecule has 1 saturated heterocycles. The molecule has 6 heteroatoms. The van der Waals surface area contributed by atoms with E-state index in [1.807, 2.05) is 0 Å². The van der Waals surface area contributed by atoms with Crippen LogP contribution in [0.25, 0.3) is 0 Å². The van der Waals surface area contributed by atoms with Gasteiger partial charge in [0.05, 0.1) is 6.54 Å². The van der Waals surface area contributed by atoms with Gasteiger partial charge in [-0.1, -0.05) is 0 Å². The van der Waals surface area contributed by atoms with Crippen LogP contribution < -0.4 is 11.1 Å². The van der Waals surface area contributed by atoms with Gasteiger partial charge in [0.25, 0.3) is 0 Å². The molecule has 1 aliphatic rings. The summed E-state index contributed by atoms with van der Waals surface area (Å²) in [6.07, 6.45) is 0. The molecular weight excluding hydrogens is 170 g/mol. The van der Waals surface area contributed by atoms with E-state index in [-0.39, 0.29) is 30.9 Å². The van der Waals surface area contributed by atoms with E-state index < -0.39 is 0 Å². The number of imide groups is 1. The smallest absolute Gasteiger partial charge is 0.324 e. The minimum absolute atomic E-state index is 0. The lowest BCUT2D eigenvalue weighted by Crippen LogP contribution is -2.35. The molecule has 0 aromatic carbocycles. The summed E-state index contributed by atoms with van der Waals surface area (Å²) in [5.74, 6) is -0.199. The van der Waals surface area contributed by atoms with E-state index in [1.165, 1.54) is 0 Å². The van der Waals surface area contributed by atoms with Crippen LogP contribution in [0.2, 0.25) is 0 Å². The summed E-state index contributed by atoms with van der Waals surface area (Å²) >= 11 is 0. The van der Waals surface area contributed by atoms with Crippen LogP contribution in [0.1, 0.15) is 0 Å². The normalized spacial score (nSPS) is 16.3. The summed E-state index contributed by atoms with van der Waals surface area (Å²) in [5.41, 5.74) is 5.16. The van der Waals surface area contributed by atoms with E-state index in [1.54, 1.807) is 0 Å². The molecular formula is C5H10ClN3O2. The summed E-state index contributed by atoms with van der Waals surface area (Å²) in [5, 5.41) is 2.39.